The lowest BCUT2D eigenvalue weighted by molar-refractivity contribution is 0.567. The number of hydrogen-bond acceptors (Lipinski definition) is 2. The normalized spacial score (nSPS) is 12.4. The van der Waals surface area contributed by atoms with Crippen molar-refractivity contribution < 1.29 is 0 Å². The molecule has 2 rings (SSSR count). The van der Waals surface area contributed by atoms with Crippen LogP contribution in [-0.4, -0.2) is 4.98 Å². The molecule has 2 nitrogen and oxygen atoms in total. The molecule has 1 aromatic heterocycles. The number of nitrogens with zero attached hydrogens (tertiary/aromatic N) is 1. The van der Waals surface area contributed by atoms with Crippen LogP contribution in [0.4, 0.5) is 0 Å². The summed E-state index contributed by atoms with van der Waals surface area (Å²) in [7, 11) is 0. The fourth-order valence-corrected chi connectivity index (χ4v) is 1.95. The van der Waals surface area contributed by atoms with Gasteiger partial charge in [-0.1, -0.05) is 29.8 Å². The van der Waals surface area contributed by atoms with Crippen molar-refractivity contribution in [1.82, 2.24) is 10.3 Å². The van der Waals surface area contributed by atoms with Crippen LogP contribution in [-0.2, 0) is 6.54 Å². The van der Waals surface area contributed by atoms with Gasteiger partial charge in [0.25, 0.3) is 0 Å². The van der Waals surface area contributed by atoms with Crippen LogP contribution in [0, 0.1) is 6.92 Å². The third kappa shape index (κ3) is 3.56. The molecule has 2 aromatic rings. The van der Waals surface area contributed by atoms with Crippen molar-refractivity contribution in [3.63, 3.8) is 0 Å². The Morgan fingerprint density at radius 3 is 2.56 bits per heavy atom. The summed E-state index contributed by atoms with van der Waals surface area (Å²) in [6, 6.07) is 14.3. The van der Waals surface area contributed by atoms with E-state index in [0.717, 1.165) is 23.0 Å². The molecule has 0 fully saturated rings. The maximum absolute atomic E-state index is 5.88. The van der Waals surface area contributed by atoms with Gasteiger partial charge >= 0.3 is 0 Å². The summed E-state index contributed by atoms with van der Waals surface area (Å²) in [4.78, 5) is 4.47. The molecule has 1 N–H and O–H groups in total. The summed E-state index contributed by atoms with van der Waals surface area (Å²) >= 11 is 5.88. The average Bonchev–Trinajstić information content (AvgIpc) is 2.37. The Labute approximate surface area is 113 Å². The van der Waals surface area contributed by atoms with E-state index in [1.165, 1.54) is 5.56 Å². The fraction of sp³-hybridized carbons (Fsp3) is 0.267. The van der Waals surface area contributed by atoms with E-state index in [0.29, 0.717) is 0 Å². The lowest BCUT2D eigenvalue weighted by Gasteiger charge is -2.14. The van der Waals surface area contributed by atoms with Crippen LogP contribution in [0.3, 0.4) is 0 Å². The van der Waals surface area contributed by atoms with Crippen LogP contribution < -0.4 is 5.32 Å². The molecule has 94 valence electrons. The number of halogens is 1. The number of aryl methyl sites for hydroxylation is 1. The van der Waals surface area contributed by atoms with Crippen molar-refractivity contribution in [3.05, 3.63) is 64.4 Å². The standard InChI is InChI=1S/C15H17ClN2/c1-11-4-3-5-15(18-11)10-17-12(2)13-6-8-14(16)9-7-13/h3-9,12,17H,10H2,1-2H3/t12-/m1/s1. The number of nitrogens with one attached hydrogen (secondary N) is 1. The minimum Gasteiger partial charge on any atom is -0.305 e. The summed E-state index contributed by atoms with van der Waals surface area (Å²) in [5, 5.41) is 4.23. The maximum Gasteiger partial charge on any atom is 0.0545 e. The molecule has 0 amide bonds. The lowest BCUT2D eigenvalue weighted by Crippen LogP contribution is -2.18. The Morgan fingerprint density at radius 2 is 1.89 bits per heavy atom. The second kappa shape index (κ2) is 5.98. The SMILES string of the molecule is Cc1cccc(CN[C@H](C)c2ccc(Cl)cc2)n1. The largest absolute Gasteiger partial charge is 0.305 e. The predicted molar refractivity (Wildman–Crippen MR) is 75.7 cm³/mol. The first-order chi connectivity index (χ1) is 8.65. The maximum atomic E-state index is 5.88. The Kier molecular flexibility index (Phi) is 4.34. The zero-order valence-electron chi connectivity index (χ0n) is 10.7. The second-order valence-corrected chi connectivity index (χ2v) is 4.86. The van der Waals surface area contributed by atoms with Gasteiger partial charge in [-0.3, -0.25) is 4.98 Å². The third-order valence-electron chi connectivity index (χ3n) is 2.91. The first-order valence-corrected chi connectivity index (χ1v) is 6.44. The van der Waals surface area contributed by atoms with Crippen molar-refractivity contribution in [2.24, 2.45) is 0 Å². The van der Waals surface area contributed by atoms with E-state index in [1.807, 2.05) is 49.4 Å². The molecule has 0 unspecified atom stereocenters. The molecule has 0 aliphatic carbocycles. The van der Waals surface area contributed by atoms with Crippen molar-refractivity contribution in [2.45, 2.75) is 26.4 Å². The Bertz CT molecular complexity index is 508. The number of rotatable bonds is 4. The highest BCUT2D eigenvalue weighted by Crippen LogP contribution is 2.16. The minimum absolute atomic E-state index is 0.282. The molecule has 1 heterocycles. The van der Waals surface area contributed by atoms with Gasteiger partial charge in [-0.05, 0) is 43.7 Å². The topological polar surface area (TPSA) is 24.9 Å². The summed E-state index contributed by atoms with van der Waals surface area (Å²) in [5.41, 5.74) is 3.34. The first kappa shape index (κ1) is 13.1. The van der Waals surface area contributed by atoms with Crippen LogP contribution in [0.25, 0.3) is 0 Å². The molecule has 0 aliphatic heterocycles. The second-order valence-electron chi connectivity index (χ2n) is 4.42. The summed E-state index contributed by atoms with van der Waals surface area (Å²) in [6.07, 6.45) is 0. The molecule has 0 saturated heterocycles. The quantitative estimate of drug-likeness (QED) is 0.902. The molecule has 0 saturated carbocycles. The van der Waals surface area contributed by atoms with Gasteiger partial charge in [0.15, 0.2) is 0 Å². The van der Waals surface area contributed by atoms with Gasteiger partial charge in [-0.15, -0.1) is 0 Å². The van der Waals surface area contributed by atoms with Crippen molar-refractivity contribution in [3.8, 4) is 0 Å². The number of aromatic nitrogens is 1. The number of hydrogen-bond donors (Lipinski definition) is 1. The van der Waals surface area contributed by atoms with Gasteiger partial charge in [0.1, 0.15) is 0 Å². The zero-order valence-corrected chi connectivity index (χ0v) is 11.4. The molecule has 18 heavy (non-hydrogen) atoms. The Morgan fingerprint density at radius 1 is 1.17 bits per heavy atom. The molecule has 1 aromatic carbocycles. The van der Waals surface area contributed by atoms with E-state index in [4.69, 9.17) is 11.6 Å². The average molecular weight is 261 g/mol. The summed E-state index contributed by atoms with van der Waals surface area (Å²) in [6.45, 7) is 4.91. The highest BCUT2D eigenvalue weighted by Gasteiger charge is 2.05. The van der Waals surface area contributed by atoms with E-state index >= 15 is 0 Å². The van der Waals surface area contributed by atoms with Gasteiger partial charge in [-0.25, -0.2) is 0 Å². The Balaban J connectivity index is 1.96. The minimum atomic E-state index is 0.282. The predicted octanol–water partition coefficient (Wildman–Crippen LogP) is 3.89. The highest BCUT2D eigenvalue weighted by molar-refractivity contribution is 6.30. The van der Waals surface area contributed by atoms with Crippen LogP contribution in [0.1, 0.15) is 29.9 Å². The zero-order chi connectivity index (χ0) is 13.0. The van der Waals surface area contributed by atoms with Crippen molar-refractivity contribution >= 4 is 11.6 Å². The highest BCUT2D eigenvalue weighted by atomic mass is 35.5. The van der Waals surface area contributed by atoms with Crippen molar-refractivity contribution in [1.29, 1.82) is 0 Å². The lowest BCUT2D eigenvalue weighted by atomic mass is 10.1. The molecular weight excluding hydrogens is 244 g/mol. The van der Waals surface area contributed by atoms with Gasteiger partial charge in [0.2, 0.25) is 0 Å². The van der Waals surface area contributed by atoms with Gasteiger partial charge in [-0.2, -0.15) is 0 Å². The van der Waals surface area contributed by atoms with Gasteiger partial charge in [0.05, 0.1) is 5.69 Å². The Hall–Kier alpha value is -1.38. The van der Waals surface area contributed by atoms with E-state index < -0.39 is 0 Å². The molecule has 0 bridgehead atoms. The first-order valence-electron chi connectivity index (χ1n) is 6.06. The molecule has 3 heteroatoms. The van der Waals surface area contributed by atoms with Gasteiger partial charge in [0, 0.05) is 23.3 Å². The smallest absolute Gasteiger partial charge is 0.0545 e. The van der Waals surface area contributed by atoms with E-state index in [9.17, 15) is 0 Å². The van der Waals surface area contributed by atoms with E-state index in [2.05, 4.69) is 17.2 Å². The number of benzene rings is 1. The summed E-state index contributed by atoms with van der Waals surface area (Å²) < 4.78 is 0. The summed E-state index contributed by atoms with van der Waals surface area (Å²) in [5.74, 6) is 0. The van der Waals surface area contributed by atoms with E-state index in [1.54, 1.807) is 0 Å². The molecule has 0 spiro atoms. The van der Waals surface area contributed by atoms with Crippen LogP contribution in [0.2, 0.25) is 5.02 Å². The van der Waals surface area contributed by atoms with Gasteiger partial charge < -0.3 is 5.32 Å². The third-order valence-corrected chi connectivity index (χ3v) is 3.16. The monoisotopic (exact) mass is 260 g/mol. The molecule has 0 radical (unpaired) electrons. The van der Waals surface area contributed by atoms with Crippen LogP contribution in [0.15, 0.2) is 42.5 Å². The molecular formula is C15H17ClN2. The number of pyridine rings is 1. The van der Waals surface area contributed by atoms with Crippen LogP contribution >= 0.6 is 11.6 Å². The van der Waals surface area contributed by atoms with Crippen molar-refractivity contribution in [2.75, 3.05) is 0 Å². The van der Waals surface area contributed by atoms with Crippen LogP contribution in [0.5, 0.6) is 0 Å². The molecule has 0 aliphatic rings. The fourth-order valence-electron chi connectivity index (χ4n) is 1.82. The molecule has 1 atom stereocenters. The van der Waals surface area contributed by atoms with E-state index in [-0.39, 0.29) is 6.04 Å².